The molecular formula is C15H24FNS. The number of aryl methyl sites for hydroxylation is 1. The van der Waals surface area contributed by atoms with Gasteiger partial charge in [0.25, 0.3) is 0 Å². The van der Waals surface area contributed by atoms with Crippen molar-refractivity contribution in [3.63, 3.8) is 0 Å². The van der Waals surface area contributed by atoms with Crippen molar-refractivity contribution in [3.05, 3.63) is 29.1 Å². The van der Waals surface area contributed by atoms with Gasteiger partial charge in [0.1, 0.15) is 5.82 Å². The van der Waals surface area contributed by atoms with E-state index in [0.29, 0.717) is 5.25 Å². The van der Waals surface area contributed by atoms with Crippen molar-refractivity contribution in [2.24, 2.45) is 0 Å². The van der Waals surface area contributed by atoms with Crippen molar-refractivity contribution in [1.82, 2.24) is 5.32 Å². The lowest BCUT2D eigenvalue weighted by atomic mass is 10.1. The molecule has 1 aromatic carbocycles. The van der Waals surface area contributed by atoms with E-state index in [4.69, 9.17) is 0 Å². The maximum absolute atomic E-state index is 13.7. The average molecular weight is 269 g/mol. The van der Waals surface area contributed by atoms with Crippen LogP contribution in [0.15, 0.2) is 17.0 Å². The second-order valence-electron chi connectivity index (χ2n) is 4.98. The lowest BCUT2D eigenvalue weighted by Gasteiger charge is -2.19. The predicted octanol–water partition coefficient (Wildman–Crippen LogP) is 4.70. The first kappa shape index (κ1) is 15.5. The van der Waals surface area contributed by atoms with E-state index in [0.717, 1.165) is 24.1 Å². The molecule has 1 N–H and O–H groups in total. The molecule has 0 saturated heterocycles. The van der Waals surface area contributed by atoms with E-state index >= 15 is 0 Å². The number of nitrogens with one attached hydrogen (secondary N) is 1. The van der Waals surface area contributed by atoms with Crippen LogP contribution in [-0.2, 0) is 0 Å². The number of halogens is 1. The van der Waals surface area contributed by atoms with Crippen LogP contribution in [0.2, 0.25) is 0 Å². The zero-order chi connectivity index (χ0) is 13.7. The van der Waals surface area contributed by atoms with Crippen LogP contribution in [0.3, 0.4) is 0 Å². The summed E-state index contributed by atoms with van der Waals surface area (Å²) in [5.41, 5.74) is 1.80. The van der Waals surface area contributed by atoms with Crippen LogP contribution in [0, 0.1) is 12.7 Å². The topological polar surface area (TPSA) is 12.0 Å². The highest BCUT2D eigenvalue weighted by molar-refractivity contribution is 8.00. The summed E-state index contributed by atoms with van der Waals surface area (Å²) in [6.07, 6.45) is 1.09. The Bertz CT molecular complexity index is 390. The van der Waals surface area contributed by atoms with Crippen molar-refractivity contribution in [2.75, 3.05) is 6.54 Å². The zero-order valence-electron chi connectivity index (χ0n) is 12.0. The fourth-order valence-corrected chi connectivity index (χ4v) is 2.96. The molecule has 1 atom stereocenters. The summed E-state index contributed by atoms with van der Waals surface area (Å²) in [6.45, 7) is 11.4. The van der Waals surface area contributed by atoms with E-state index in [9.17, 15) is 4.39 Å². The summed E-state index contributed by atoms with van der Waals surface area (Å²) in [5, 5.41) is 3.94. The first-order valence-electron chi connectivity index (χ1n) is 6.65. The third-order valence-corrected chi connectivity index (χ3v) is 3.90. The van der Waals surface area contributed by atoms with Gasteiger partial charge in [-0.2, -0.15) is 0 Å². The monoisotopic (exact) mass is 269 g/mol. The van der Waals surface area contributed by atoms with Crippen LogP contribution in [0.1, 0.15) is 51.3 Å². The van der Waals surface area contributed by atoms with Gasteiger partial charge in [-0.3, -0.25) is 0 Å². The van der Waals surface area contributed by atoms with Gasteiger partial charge in [0, 0.05) is 16.2 Å². The molecule has 0 radical (unpaired) electrons. The summed E-state index contributed by atoms with van der Waals surface area (Å²) in [6, 6.07) is 3.86. The maximum Gasteiger partial charge on any atom is 0.126 e. The molecular weight excluding hydrogens is 245 g/mol. The van der Waals surface area contributed by atoms with Crippen LogP contribution < -0.4 is 5.32 Å². The van der Waals surface area contributed by atoms with E-state index < -0.39 is 0 Å². The Morgan fingerprint density at radius 1 is 1.28 bits per heavy atom. The average Bonchev–Trinajstić information content (AvgIpc) is 2.29. The SMILES string of the molecule is CCCNC(C)c1cc(F)c(C)cc1SC(C)C. The van der Waals surface area contributed by atoms with Crippen LogP contribution in [0.5, 0.6) is 0 Å². The number of hydrogen-bond acceptors (Lipinski definition) is 2. The first-order valence-corrected chi connectivity index (χ1v) is 7.53. The van der Waals surface area contributed by atoms with E-state index in [1.807, 2.05) is 13.0 Å². The standard InChI is InChI=1S/C15H24FNS/c1-6-7-17-12(5)13-9-14(16)11(4)8-15(13)18-10(2)3/h8-10,12,17H,6-7H2,1-5H3. The number of hydrogen-bond donors (Lipinski definition) is 1. The molecule has 0 fully saturated rings. The zero-order valence-corrected chi connectivity index (χ0v) is 12.8. The Kier molecular flexibility index (Phi) is 6.16. The highest BCUT2D eigenvalue weighted by Crippen LogP contribution is 2.32. The van der Waals surface area contributed by atoms with Crippen molar-refractivity contribution in [3.8, 4) is 0 Å². The van der Waals surface area contributed by atoms with Gasteiger partial charge in [0.05, 0.1) is 0 Å². The van der Waals surface area contributed by atoms with Crippen LogP contribution in [0.25, 0.3) is 0 Å². The molecule has 0 aliphatic rings. The molecule has 0 aliphatic carbocycles. The molecule has 0 aromatic heterocycles. The Morgan fingerprint density at radius 3 is 2.50 bits per heavy atom. The van der Waals surface area contributed by atoms with E-state index in [1.54, 1.807) is 17.8 Å². The summed E-state index contributed by atoms with van der Waals surface area (Å²) in [7, 11) is 0. The molecule has 102 valence electrons. The minimum Gasteiger partial charge on any atom is -0.310 e. The van der Waals surface area contributed by atoms with E-state index in [1.165, 1.54) is 4.90 Å². The molecule has 18 heavy (non-hydrogen) atoms. The summed E-state index contributed by atoms with van der Waals surface area (Å²) in [4.78, 5) is 1.19. The lowest BCUT2D eigenvalue weighted by molar-refractivity contribution is 0.552. The van der Waals surface area contributed by atoms with Crippen molar-refractivity contribution in [1.29, 1.82) is 0 Å². The summed E-state index contributed by atoms with van der Waals surface area (Å²) < 4.78 is 13.7. The van der Waals surface area contributed by atoms with Gasteiger partial charge < -0.3 is 5.32 Å². The fourth-order valence-electron chi connectivity index (χ4n) is 1.84. The van der Waals surface area contributed by atoms with Gasteiger partial charge in [-0.05, 0) is 50.1 Å². The van der Waals surface area contributed by atoms with Gasteiger partial charge in [0.2, 0.25) is 0 Å². The first-order chi connectivity index (χ1) is 8.45. The third-order valence-electron chi connectivity index (χ3n) is 2.82. The molecule has 0 aliphatic heterocycles. The largest absolute Gasteiger partial charge is 0.310 e. The fraction of sp³-hybridized carbons (Fsp3) is 0.600. The van der Waals surface area contributed by atoms with Crippen molar-refractivity contribution in [2.45, 2.75) is 57.2 Å². The van der Waals surface area contributed by atoms with Crippen LogP contribution in [-0.4, -0.2) is 11.8 Å². The van der Waals surface area contributed by atoms with Gasteiger partial charge >= 0.3 is 0 Å². The molecule has 0 spiro atoms. The van der Waals surface area contributed by atoms with Crippen molar-refractivity contribution < 1.29 is 4.39 Å². The maximum atomic E-state index is 13.7. The molecule has 0 heterocycles. The van der Waals surface area contributed by atoms with Gasteiger partial charge in [-0.25, -0.2) is 4.39 Å². The van der Waals surface area contributed by atoms with Crippen LogP contribution >= 0.6 is 11.8 Å². The quantitative estimate of drug-likeness (QED) is 0.752. The molecule has 1 aromatic rings. The predicted molar refractivity (Wildman–Crippen MR) is 78.8 cm³/mol. The van der Waals surface area contributed by atoms with Crippen LogP contribution in [0.4, 0.5) is 4.39 Å². The summed E-state index contributed by atoms with van der Waals surface area (Å²) >= 11 is 1.80. The molecule has 1 unspecified atom stereocenters. The molecule has 3 heteroatoms. The third kappa shape index (κ3) is 4.29. The Morgan fingerprint density at radius 2 is 1.94 bits per heavy atom. The molecule has 0 bridgehead atoms. The highest BCUT2D eigenvalue weighted by atomic mass is 32.2. The molecule has 1 rings (SSSR count). The highest BCUT2D eigenvalue weighted by Gasteiger charge is 2.14. The number of rotatable bonds is 6. The van der Waals surface area contributed by atoms with Gasteiger partial charge in [-0.1, -0.05) is 20.8 Å². The molecule has 0 saturated carbocycles. The minimum atomic E-state index is -0.108. The van der Waals surface area contributed by atoms with Crippen molar-refractivity contribution >= 4 is 11.8 Å². The normalized spacial score (nSPS) is 13.1. The Hall–Kier alpha value is -0.540. The Balaban J connectivity index is 3.02. The second kappa shape index (κ2) is 7.15. The minimum absolute atomic E-state index is 0.108. The number of thioether (sulfide) groups is 1. The van der Waals surface area contributed by atoms with E-state index in [-0.39, 0.29) is 11.9 Å². The van der Waals surface area contributed by atoms with Gasteiger partial charge in [-0.15, -0.1) is 11.8 Å². The lowest BCUT2D eigenvalue weighted by Crippen LogP contribution is -2.20. The summed E-state index contributed by atoms with van der Waals surface area (Å²) in [5.74, 6) is -0.108. The van der Waals surface area contributed by atoms with Gasteiger partial charge in [0.15, 0.2) is 0 Å². The smallest absolute Gasteiger partial charge is 0.126 e. The van der Waals surface area contributed by atoms with E-state index in [2.05, 4.69) is 33.0 Å². The second-order valence-corrected chi connectivity index (χ2v) is 6.60. The Labute approximate surface area is 115 Å². The number of benzene rings is 1. The molecule has 0 amide bonds. The molecule has 1 nitrogen and oxygen atoms in total.